The second-order valence-electron chi connectivity index (χ2n) is 5.43. The molecule has 0 saturated heterocycles. The summed E-state index contributed by atoms with van der Waals surface area (Å²) in [4.78, 5) is 2.15. The predicted octanol–water partition coefficient (Wildman–Crippen LogP) is 3.17. The first-order valence-electron chi connectivity index (χ1n) is 7.18. The van der Waals surface area contributed by atoms with Crippen molar-refractivity contribution in [1.82, 2.24) is 15.1 Å². The molecule has 1 aromatic heterocycles. The summed E-state index contributed by atoms with van der Waals surface area (Å²) < 4.78 is 10.7. The molecule has 0 spiro atoms. The lowest BCUT2D eigenvalue weighted by atomic mass is 10.1. The molecule has 0 fully saturated rings. The lowest BCUT2D eigenvalue weighted by Crippen LogP contribution is -2.17. The van der Waals surface area contributed by atoms with Crippen LogP contribution in [0.2, 0.25) is 0 Å². The van der Waals surface area contributed by atoms with Crippen LogP contribution in [0.25, 0.3) is 10.8 Å². The van der Waals surface area contributed by atoms with Gasteiger partial charge in [0.15, 0.2) is 0 Å². The Morgan fingerprint density at radius 2 is 1.82 bits per heavy atom. The highest BCUT2D eigenvalue weighted by Crippen LogP contribution is 2.22. The zero-order chi connectivity index (χ0) is 15.5. The van der Waals surface area contributed by atoms with Gasteiger partial charge in [-0.2, -0.15) is 0 Å². The molecule has 1 heterocycles. The van der Waals surface area contributed by atoms with E-state index in [-0.39, 0.29) is 0 Å². The van der Waals surface area contributed by atoms with Crippen LogP contribution in [0.4, 0.5) is 0 Å². The van der Waals surface area contributed by atoms with Gasteiger partial charge in [0.2, 0.25) is 11.8 Å². The number of nitrogens with zero attached hydrogens (tertiary/aromatic N) is 3. The predicted molar refractivity (Wildman–Crippen MR) is 84.7 cm³/mol. The Bertz CT molecular complexity index is 782. The van der Waals surface area contributed by atoms with Crippen LogP contribution in [-0.4, -0.2) is 29.3 Å². The maximum atomic E-state index is 5.41. The Morgan fingerprint density at radius 3 is 2.55 bits per heavy atom. The third-order valence-corrected chi connectivity index (χ3v) is 3.54. The summed E-state index contributed by atoms with van der Waals surface area (Å²) in [6, 6.07) is 12.6. The summed E-state index contributed by atoms with van der Waals surface area (Å²) in [5.41, 5.74) is 1.25. The van der Waals surface area contributed by atoms with Gasteiger partial charge in [-0.25, -0.2) is 0 Å². The number of methoxy groups -OCH3 is 1. The maximum absolute atomic E-state index is 5.41. The second-order valence-corrected chi connectivity index (χ2v) is 5.43. The van der Waals surface area contributed by atoms with Gasteiger partial charge in [-0.15, -0.1) is 10.2 Å². The van der Waals surface area contributed by atoms with Crippen molar-refractivity contribution >= 4 is 10.8 Å². The van der Waals surface area contributed by atoms with Crippen molar-refractivity contribution in [3.8, 4) is 5.75 Å². The van der Waals surface area contributed by atoms with Gasteiger partial charge in [0, 0.05) is 13.5 Å². The van der Waals surface area contributed by atoms with E-state index in [0.29, 0.717) is 18.3 Å². The van der Waals surface area contributed by atoms with Gasteiger partial charge < -0.3 is 9.15 Å². The molecule has 0 atom stereocenters. The van der Waals surface area contributed by atoms with Crippen LogP contribution < -0.4 is 4.74 Å². The topological polar surface area (TPSA) is 51.4 Å². The molecule has 5 heteroatoms. The third-order valence-electron chi connectivity index (χ3n) is 3.54. The second kappa shape index (κ2) is 6.15. The number of rotatable bonds is 5. The van der Waals surface area contributed by atoms with Crippen LogP contribution in [0.5, 0.6) is 5.75 Å². The Hall–Kier alpha value is -2.40. The Labute approximate surface area is 129 Å². The third kappa shape index (κ3) is 3.26. The molecule has 22 heavy (non-hydrogen) atoms. The fraction of sp³-hybridized carbons (Fsp3) is 0.294. The first-order valence-corrected chi connectivity index (χ1v) is 7.18. The standard InChI is InChI=1S/C17H19N3O2/c1-12-18-19-17(22-12)11-20(2)10-13-4-5-15-9-16(21-3)7-6-14(15)8-13/h4-9H,10-11H2,1-3H3. The quantitative estimate of drug-likeness (QED) is 0.724. The van der Waals surface area contributed by atoms with Crippen LogP contribution in [0, 0.1) is 6.92 Å². The molecule has 0 aliphatic heterocycles. The van der Waals surface area contributed by atoms with Crippen molar-refractivity contribution in [3.63, 3.8) is 0 Å². The lowest BCUT2D eigenvalue weighted by molar-refractivity contribution is 0.279. The van der Waals surface area contributed by atoms with E-state index in [1.54, 1.807) is 14.0 Å². The number of ether oxygens (including phenoxy) is 1. The number of hydrogen-bond acceptors (Lipinski definition) is 5. The molecule has 0 radical (unpaired) electrons. The molecule has 0 bridgehead atoms. The molecule has 0 saturated carbocycles. The van der Waals surface area contributed by atoms with Crippen molar-refractivity contribution in [1.29, 1.82) is 0 Å². The minimum atomic E-state index is 0.600. The van der Waals surface area contributed by atoms with E-state index in [9.17, 15) is 0 Å². The van der Waals surface area contributed by atoms with Crippen LogP contribution in [-0.2, 0) is 13.1 Å². The molecule has 0 unspecified atom stereocenters. The molecule has 0 aliphatic carbocycles. The molecule has 3 rings (SSSR count). The van der Waals surface area contributed by atoms with Gasteiger partial charge in [0.25, 0.3) is 0 Å². The molecule has 2 aromatic carbocycles. The van der Waals surface area contributed by atoms with Crippen LogP contribution in [0.3, 0.4) is 0 Å². The van der Waals surface area contributed by atoms with Crippen LogP contribution >= 0.6 is 0 Å². The summed E-state index contributed by atoms with van der Waals surface area (Å²) in [5.74, 6) is 2.12. The fourth-order valence-electron chi connectivity index (χ4n) is 2.50. The van der Waals surface area contributed by atoms with Gasteiger partial charge in [0.1, 0.15) is 5.75 Å². The highest BCUT2D eigenvalue weighted by atomic mass is 16.5. The monoisotopic (exact) mass is 297 g/mol. The smallest absolute Gasteiger partial charge is 0.230 e. The SMILES string of the molecule is COc1ccc2cc(CN(C)Cc3nnc(C)o3)ccc2c1. The largest absolute Gasteiger partial charge is 0.497 e. The van der Waals surface area contributed by atoms with E-state index in [1.807, 2.05) is 19.2 Å². The summed E-state index contributed by atoms with van der Waals surface area (Å²) in [5, 5.41) is 10.3. The van der Waals surface area contributed by atoms with E-state index in [1.165, 1.54) is 16.3 Å². The van der Waals surface area contributed by atoms with E-state index < -0.39 is 0 Å². The van der Waals surface area contributed by atoms with Gasteiger partial charge in [-0.1, -0.05) is 18.2 Å². The molecule has 0 amide bonds. The fourth-order valence-corrected chi connectivity index (χ4v) is 2.50. The van der Waals surface area contributed by atoms with Crippen LogP contribution in [0.1, 0.15) is 17.3 Å². The minimum Gasteiger partial charge on any atom is -0.497 e. The first kappa shape index (κ1) is 14.5. The summed E-state index contributed by atoms with van der Waals surface area (Å²) in [6.07, 6.45) is 0. The highest BCUT2D eigenvalue weighted by molar-refractivity contribution is 5.84. The average Bonchev–Trinajstić information content (AvgIpc) is 2.91. The molecule has 0 aliphatic rings. The van der Waals surface area contributed by atoms with Crippen molar-refractivity contribution in [2.75, 3.05) is 14.2 Å². The summed E-state index contributed by atoms with van der Waals surface area (Å²) in [7, 11) is 3.72. The number of benzene rings is 2. The molecule has 114 valence electrons. The normalized spacial score (nSPS) is 11.3. The zero-order valence-corrected chi connectivity index (χ0v) is 13.0. The number of aryl methyl sites for hydroxylation is 1. The Morgan fingerprint density at radius 1 is 1.05 bits per heavy atom. The lowest BCUT2D eigenvalue weighted by Gasteiger charge is -2.15. The number of fused-ring (bicyclic) bond motifs is 1. The van der Waals surface area contributed by atoms with Crippen molar-refractivity contribution < 1.29 is 9.15 Å². The molecule has 0 N–H and O–H groups in total. The van der Waals surface area contributed by atoms with Gasteiger partial charge >= 0.3 is 0 Å². The number of hydrogen-bond donors (Lipinski definition) is 0. The first-order chi connectivity index (χ1) is 10.6. The van der Waals surface area contributed by atoms with Gasteiger partial charge in [-0.3, -0.25) is 4.90 Å². The van der Waals surface area contributed by atoms with E-state index in [4.69, 9.17) is 9.15 Å². The van der Waals surface area contributed by atoms with E-state index in [0.717, 1.165) is 12.3 Å². The minimum absolute atomic E-state index is 0.600. The van der Waals surface area contributed by atoms with E-state index >= 15 is 0 Å². The van der Waals surface area contributed by atoms with Gasteiger partial charge in [0.05, 0.1) is 13.7 Å². The van der Waals surface area contributed by atoms with Crippen LogP contribution in [0.15, 0.2) is 40.8 Å². The summed E-state index contributed by atoms with van der Waals surface area (Å²) in [6.45, 7) is 3.26. The van der Waals surface area contributed by atoms with Crippen molar-refractivity contribution in [2.45, 2.75) is 20.0 Å². The van der Waals surface area contributed by atoms with E-state index in [2.05, 4.69) is 39.4 Å². The highest BCUT2D eigenvalue weighted by Gasteiger charge is 2.08. The average molecular weight is 297 g/mol. The molecule has 5 nitrogen and oxygen atoms in total. The zero-order valence-electron chi connectivity index (χ0n) is 13.0. The van der Waals surface area contributed by atoms with Crippen molar-refractivity contribution in [3.05, 3.63) is 53.7 Å². The summed E-state index contributed by atoms with van der Waals surface area (Å²) >= 11 is 0. The molecular weight excluding hydrogens is 278 g/mol. The maximum Gasteiger partial charge on any atom is 0.230 e. The molecular formula is C17H19N3O2. The number of aromatic nitrogens is 2. The Balaban J connectivity index is 1.73. The van der Waals surface area contributed by atoms with Crippen molar-refractivity contribution in [2.24, 2.45) is 0 Å². The molecule has 3 aromatic rings. The Kier molecular flexibility index (Phi) is 4.06. The van der Waals surface area contributed by atoms with Gasteiger partial charge in [-0.05, 0) is 41.6 Å².